The molecule has 0 aliphatic carbocycles. The highest BCUT2D eigenvalue weighted by atomic mass is 16.5. The van der Waals surface area contributed by atoms with Crippen molar-refractivity contribution in [3.05, 3.63) is 41.6 Å². The quantitative estimate of drug-likeness (QED) is 0.477. The molecule has 6 nitrogen and oxygen atoms in total. The van der Waals surface area contributed by atoms with Gasteiger partial charge in [0.2, 0.25) is 0 Å². The lowest BCUT2D eigenvalue weighted by Gasteiger charge is -2.07. The van der Waals surface area contributed by atoms with E-state index in [0.717, 1.165) is 0 Å². The van der Waals surface area contributed by atoms with Crippen LogP contribution in [0.15, 0.2) is 36.0 Å². The first-order valence-corrected chi connectivity index (χ1v) is 6.81. The molecule has 1 rings (SSSR count). The summed E-state index contributed by atoms with van der Waals surface area (Å²) in [5.74, 6) is -0.537. The Morgan fingerprint density at radius 1 is 1.32 bits per heavy atom. The summed E-state index contributed by atoms with van der Waals surface area (Å²) < 4.78 is 4.60. The summed E-state index contributed by atoms with van der Waals surface area (Å²) in [5, 5.41) is 14.5. The number of benzene rings is 1. The first kappa shape index (κ1) is 17.2. The maximum Gasteiger partial charge on any atom is 0.337 e. The summed E-state index contributed by atoms with van der Waals surface area (Å²) in [7, 11) is 1.31. The van der Waals surface area contributed by atoms with E-state index in [4.69, 9.17) is 5.26 Å². The molecule has 0 saturated carbocycles. The molecule has 0 bridgehead atoms. The van der Waals surface area contributed by atoms with E-state index < -0.39 is 11.9 Å². The van der Waals surface area contributed by atoms with Crippen LogP contribution in [0.3, 0.4) is 0 Å². The van der Waals surface area contributed by atoms with Gasteiger partial charge in [-0.2, -0.15) is 5.26 Å². The number of hydrogen-bond acceptors (Lipinski definition) is 5. The summed E-state index contributed by atoms with van der Waals surface area (Å²) in [6.07, 6.45) is 1.34. The van der Waals surface area contributed by atoms with Crippen LogP contribution in [-0.2, 0) is 9.53 Å². The maximum absolute atomic E-state index is 11.8. The Balaban J connectivity index is 2.70. The highest BCUT2D eigenvalue weighted by Gasteiger charge is 2.09. The van der Waals surface area contributed by atoms with Crippen molar-refractivity contribution in [1.82, 2.24) is 5.32 Å². The lowest BCUT2D eigenvalue weighted by Crippen LogP contribution is -2.28. The molecule has 0 atom stereocenters. The molecule has 0 aliphatic rings. The van der Waals surface area contributed by atoms with E-state index in [9.17, 15) is 9.59 Å². The monoisotopic (exact) mass is 301 g/mol. The van der Waals surface area contributed by atoms with E-state index in [-0.39, 0.29) is 5.57 Å². The molecule has 0 aromatic heterocycles. The van der Waals surface area contributed by atoms with E-state index in [1.54, 1.807) is 24.3 Å². The van der Waals surface area contributed by atoms with Crippen molar-refractivity contribution in [2.24, 2.45) is 5.92 Å². The van der Waals surface area contributed by atoms with E-state index in [1.165, 1.54) is 13.3 Å². The van der Waals surface area contributed by atoms with Crippen molar-refractivity contribution in [3.63, 3.8) is 0 Å². The van der Waals surface area contributed by atoms with Crippen LogP contribution in [0.25, 0.3) is 0 Å². The molecule has 0 aliphatic heterocycles. The number of nitriles is 1. The SMILES string of the molecule is COC(=O)c1ccc(N/C=C(/C#N)C(=O)NCC(C)C)cc1. The molecule has 0 saturated heterocycles. The van der Waals surface area contributed by atoms with Crippen LogP contribution < -0.4 is 10.6 Å². The minimum atomic E-state index is -0.423. The largest absolute Gasteiger partial charge is 0.465 e. The standard InChI is InChI=1S/C16H19N3O3/c1-11(2)9-19-15(20)13(8-17)10-18-14-6-4-12(5-7-14)16(21)22-3/h4-7,10-11,18H,9H2,1-3H3,(H,19,20)/b13-10-. The number of carbonyl (C=O) groups is 2. The summed E-state index contributed by atoms with van der Waals surface area (Å²) in [4.78, 5) is 23.1. The van der Waals surface area contributed by atoms with E-state index in [1.807, 2.05) is 19.9 Å². The van der Waals surface area contributed by atoms with Crippen LogP contribution in [-0.4, -0.2) is 25.5 Å². The van der Waals surface area contributed by atoms with Gasteiger partial charge in [0.05, 0.1) is 12.7 Å². The minimum Gasteiger partial charge on any atom is -0.465 e. The second-order valence-corrected chi connectivity index (χ2v) is 4.99. The molecule has 22 heavy (non-hydrogen) atoms. The average Bonchev–Trinajstić information content (AvgIpc) is 2.53. The zero-order valence-electron chi connectivity index (χ0n) is 12.8. The molecule has 116 valence electrons. The third-order valence-electron chi connectivity index (χ3n) is 2.73. The number of amides is 1. The topological polar surface area (TPSA) is 91.2 Å². The van der Waals surface area contributed by atoms with Crippen molar-refractivity contribution in [3.8, 4) is 6.07 Å². The number of hydrogen-bond donors (Lipinski definition) is 2. The van der Waals surface area contributed by atoms with Crippen molar-refractivity contribution in [1.29, 1.82) is 5.26 Å². The summed E-state index contributed by atoms with van der Waals surface area (Å²) >= 11 is 0. The van der Waals surface area contributed by atoms with Gasteiger partial charge in [-0.25, -0.2) is 4.79 Å². The van der Waals surface area contributed by atoms with Gasteiger partial charge in [-0.05, 0) is 30.2 Å². The maximum atomic E-state index is 11.8. The first-order chi connectivity index (χ1) is 10.5. The highest BCUT2D eigenvalue weighted by molar-refractivity contribution is 5.97. The van der Waals surface area contributed by atoms with Gasteiger partial charge >= 0.3 is 5.97 Å². The summed E-state index contributed by atoms with van der Waals surface area (Å²) in [6.45, 7) is 4.44. The molecule has 0 radical (unpaired) electrons. The van der Waals surface area contributed by atoms with Gasteiger partial charge in [0.15, 0.2) is 0 Å². The van der Waals surface area contributed by atoms with Crippen molar-refractivity contribution < 1.29 is 14.3 Å². The van der Waals surface area contributed by atoms with Crippen LogP contribution in [0.4, 0.5) is 5.69 Å². The molecular weight excluding hydrogens is 282 g/mol. The number of esters is 1. The fraction of sp³-hybridized carbons (Fsp3) is 0.312. The van der Waals surface area contributed by atoms with Gasteiger partial charge in [0, 0.05) is 18.4 Å². The minimum absolute atomic E-state index is 0.0160. The van der Waals surface area contributed by atoms with Gasteiger partial charge in [0.25, 0.3) is 5.91 Å². The van der Waals surface area contributed by atoms with Gasteiger partial charge < -0.3 is 15.4 Å². The van der Waals surface area contributed by atoms with Crippen molar-refractivity contribution >= 4 is 17.6 Å². The van der Waals surface area contributed by atoms with E-state index in [0.29, 0.717) is 23.7 Å². The van der Waals surface area contributed by atoms with Crippen molar-refractivity contribution in [2.45, 2.75) is 13.8 Å². The average molecular weight is 301 g/mol. The van der Waals surface area contributed by atoms with Crippen LogP contribution in [0, 0.1) is 17.2 Å². The van der Waals surface area contributed by atoms with E-state index in [2.05, 4.69) is 15.4 Å². The molecule has 0 fully saturated rings. The Kier molecular flexibility index (Phi) is 6.64. The molecule has 1 aromatic rings. The number of carbonyl (C=O) groups excluding carboxylic acids is 2. The summed E-state index contributed by atoms with van der Waals surface area (Å²) in [6, 6.07) is 8.34. The molecule has 0 unspecified atom stereocenters. The Bertz CT molecular complexity index is 598. The van der Waals surface area contributed by atoms with Crippen molar-refractivity contribution in [2.75, 3.05) is 19.0 Å². The number of nitrogens with zero attached hydrogens (tertiary/aromatic N) is 1. The fourth-order valence-electron chi connectivity index (χ4n) is 1.52. The zero-order valence-corrected chi connectivity index (χ0v) is 12.8. The van der Waals surface area contributed by atoms with Crippen LogP contribution in [0.2, 0.25) is 0 Å². The van der Waals surface area contributed by atoms with Gasteiger partial charge in [0.1, 0.15) is 11.6 Å². The van der Waals surface area contributed by atoms with Crippen LogP contribution in [0.1, 0.15) is 24.2 Å². The zero-order chi connectivity index (χ0) is 16.5. The van der Waals surface area contributed by atoms with Gasteiger partial charge in [-0.15, -0.1) is 0 Å². The van der Waals surface area contributed by atoms with Gasteiger partial charge in [-0.3, -0.25) is 4.79 Å². The fourth-order valence-corrected chi connectivity index (χ4v) is 1.52. The van der Waals surface area contributed by atoms with Gasteiger partial charge in [-0.1, -0.05) is 13.8 Å². The Morgan fingerprint density at radius 3 is 2.45 bits per heavy atom. The number of ether oxygens (including phenoxy) is 1. The third kappa shape index (κ3) is 5.29. The number of methoxy groups -OCH3 is 1. The lowest BCUT2D eigenvalue weighted by atomic mass is 10.2. The molecular formula is C16H19N3O3. The molecule has 6 heteroatoms. The molecule has 2 N–H and O–H groups in total. The smallest absolute Gasteiger partial charge is 0.337 e. The Labute approximate surface area is 129 Å². The highest BCUT2D eigenvalue weighted by Crippen LogP contribution is 2.11. The second kappa shape index (κ2) is 8.47. The first-order valence-electron chi connectivity index (χ1n) is 6.81. The molecule has 0 heterocycles. The van der Waals surface area contributed by atoms with E-state index >= 15 is 0 Å². The molecule has 0 spiro atoms. The number of nitrogens with one attached hydrogen (secondary N) is 2. The Morgan fingerprint density at radius 2 is 1.95 bits per heavy atom. The predicted octanol–water partition coefficient (Wildman–Crippen LogP) is 2.06. The normalized spacial score (nSPS) is 10.8. The predicted molar refractivity (Wildman–Crippen MR) is 82.9 cm³/mol. The van der Waals surface area contributed by atoms with Crippen LogP contribution in [0.5, 0.6) is 0 Å². The second-order valence-electron chi connectivity index (χ2n) is 4.99. The Hall–Kier alpha value is -2.81. The molecule has 1 aromatic carbocycles. The third-order valence-corrected chi connectivity index (χ3v) is 2.73. The molecule has 1 amide bonds. The number of rotatable bonds is 6. The number of anilines is 1. The van der Waals surface area contributed by atoms with Crippen LogP contribution >= 0.6 is 0 Å². The summed E-state index contributed by atoms with van der Waals surface area (Å²) in [5.41, 5.74) is 1.06. The lowest BCUT2D eigenvalue weighted by molar-refractivity contribution is -0.117.